The molecule has 2 aliphatic heterocycles. The van der Waals surface area contributed by atoms with Gasteiger partial charge in [-0.25, -0.2) is 4.63 Å². The molecule has 2 aliphatic rings. The lowest BCUT2D eigenvalue weighted by molar-refractivity contribution is 0.0376. The lowest BCUT2D eigenvalue weighted by atomic mass is 9.80. The van der Waals surface area contributed by atoms with Gasteiger partial charge in [-0.15, -0.1) is 0 Å². The van der Waals surface area contributed by atoms with Crippen molar-refractivity contribution >= 4 is 5.91 Å². The molecule has 2 saturated heterocycles. The molecule has 0 spiro atoms. The lowest BCUT2D eigenvalue weighted by Crippen LogP contribution is -2.62. The van der Waals surface area contributed by atoms with Gasteiger partial charge in [0.1, 0.15) is 23.7 Å². The number of aryl methyl sites for hydroxylation is 1. The minimum absolute atomic E-state index is 0.0102. The largest absolute Gasteiger partial charge is 0.486 e. The van der Waals surface area contributed by atoms with Crippen LogP contribution in [-0.2, 0) is 6.61 Å². The van der Waals surface area contributed by atoms with E-state index in [1.807, 2.05) is 31.2 Å². The highest BCUT2D eigenvalue weighted by Crippen LogP contribution is 2.34. The molecule has 1 N–H and O–H groups in total. The maximum absolute atomic E-state index is 13.5. The van der Waals surface area contributed by atoms with Gasteiger partial charge in [-0.05, 0) is 58.2 Å². The number of likely N-dealkylation sites (tertiary alicyclic amines) is 1. The summed E-state index contributed by atoms with van der Waals surface area (Å²) in [7, 11) is 0. The third-order valence-electron chi connectivity index (χ3n) is 6.13. The molecule has 0 aliphatic carbocycles. The normalized spacial score (nSPS) is 25.1. The van der Waals surface area contributed by atoms with Crippen molar-refractivity contribution in [2.45, 2.75) is 64.1 Å². The monoisotopic (exact) mass is 384 g/mol. The Morgan fingerprint density at radius 3 is 3.00 bits per heavy atom. The predicted molar refractivity (Wildman–Crippen MR) is 104 cm³/mol. The smallest absolute Gasteiger partial charge is 0.257 e. The number of piperidine rings is 1. The molecular formula is C21H28N4O3. The Bertz CT molecular complexity index is 837. The van der Waals surface area contributed by atoms with E-state index in [2.05, 4.69) is 27.5 Å². The molecule has 7 heteroatoms. The van der Waals surface area contributed by atoms with E-state index in [9.17, 15) is 4.79 Å². The molecule has 1 aromatic carbocycles. The summed E-state index contributed by atoms with van der Waals surface area (Å²) in [5.74, 6) is 0.619. The molecule has 4 rings (SSSR count). The van der Waals surface area contributed by atoms with Gasteiger partial charge in [0, 0.05) is 18.1 Å². The number of ether oxygens (including phenoxy) is 1. The van der Waals surface area contributed by atoms with Crippen LogP contribution in [0, 0.1) is 6.92 Å². The molecule has 1 amide bonds. The predicted octanol–water partition coefficient (Wildman–Crippen LogP) is 3.09. The fraction of sp³-hybridized carbons (Fsp3) is 0.571. The maximum atomic E-state index is 13.5. The van der Waals surface area contributed by atoms with Crippen molar-refractivity contribution in [3.8, 4) is 5.75 Å². The average Bonchev–Trinajstić information content (AvgIpc) is 3.00. The quantitative estimate of drug-likeness (QED) is 0.872. The summed E-state index contributed by atoms with van der Waals surface area (Å²) in [6.45, 7) is 6.13. The Labute approximate surface area is 165 Å². The van der Waals surface area contributed by atoms with E-state index < -0.39 is 0 Å². The van der Waals surface area contributed by atoms with Gasteiger partial charge in [0.2, 0.25) is 0 Å². The Kier molecular flexibility index (Phi) is 5.35. The van der Waals surface area contributed by atoms with Crippen molar-refractivity contribution in [3.63, 3.8) is 0 Å². The van der Waals surface area contributed by atoms with E-state index in [1.54, 1.807) is 0 Å². The first-order valence-electron chi connectivity index (χ1n) is 10.1. The van der Waals surface area contributed by atoms with E-state index in [1.165, 1.54) is 6.42 Å². The van der Waals surface area contributed by atoms with Gasteiger partial charge in [0.15, 0.2) is 0 Å². The summed E-state index contributed by atoms with van der Waals surface area (Å²) in [6.07, 6.45) is 5.48. The van der Waals surface area contributed by atoms with Crippen LogP contribution in [0.4, 0.5) is 0 Å². The van der Waals surface area contributed by atoms with Gasteiger partial charge in [0.05, 0.1) is 5.56 Å². The molecular weight excluding hydrogens is 356 g/mol. The van der Waals surface area contributed by atoms with Crippen LogP contribution in [0.15, 0.2) is 28.9 Å². The molecule has 3 heterocycles. The summed E-state index contributed by atoms with van der Waals surface area (Å²) in [5, 5.41) is 11.3. The Morgan fingerprint density at radius 1 is 1.32 bits per heavy atom. The van der Waals surface area contributed by atoms with Crippen LogP contribution in [0.5, 0.6) is 5.75 Å². The Hall–Kier alpha value is -2.41. The first kappa shape index (κ1) is 18.9. The Balaban J connectivity index is 1.56. The number of hydrogen-bond donors (Lipinski definition) is 1. The second-order valence-corrected chi connectivity index (χ2v) is 8.04. The first-order chi connectivity index (χ1) is 13.6. The summed E-state index contributed by atoms with van der Waals surface area (Å²) < 4.78 is 10.7. The zero-order valence-electron chi connectivity index (χ0n) is 16.6. The summed E-state index contributed by atoms with van der Waals surface area (Å²) in [5.41, 5.74) is 1.93. The van der Waals surface area contributed by atoms with Crippen LogP contribution in [0.2, 0.25) is 0 Å². The van der Waals surface area contributed by atoms with Crippen molar-refractivity contribution in [1.82, 2.24) is 20.5 Å². The van der Waals surface area contributed by atoms with Crippen LogP contribution in [0.3, 0.4) is 0 Å². The molecule has 28 heavy (non-hydrogen) atoms. The van der Waals surface area contributed by atoms with Crippen LogP contribution < -0.4 is 10.1 Å². The first-order valence-corrected chi connectivity index (χ1v) is 10.1. The van der Waals surface area contributed by atoms with Gasteiger partial charge in [-0.1, -0.05) is 28.9 Å². The molecule has 0 bridgehead atoms. The number of benzene rings is 1. The standard InChI is InChI=1S/C21H28N4O3/c1-15-17(24-28-23-15)14-27-18-9-4-3-8-16(18)20(26)25-13-7-11-21(2)19(25)10-5-6-12-22-21/h3-4,8-9,19,22H,5-7,10-14H2,1-2H3/t19-,21-/m0/s1. The number of para-hydroxylation sites is 1. The lowest BCUT2D eigenvalue weighted by Gasteiger charge is -2.48. The fourth-order valence-electron chi connectivity index (χ4n) is 4.49. The topological polar surface area (TPSA) is 80.5 Å². The molecule has 0 radical (unpaired) electrons. The molecule has 0 unspecified atom stereocenters. The molecule has 2 fully saturated rings. The number of nitrogens with zero attached hydrogens (tertiary/aromatic N) is 3. The van der Waals surface area contributed by atoms with Gasteiger partial charge in [-0.2, -0.15) is 0 Å². The number of rotatable bonds is 4. The molecule has 2 aromatic rings. The zero-order valence-corrected chi connectivity index (χ0v) is 16.6. The van der Waals surface area contributed by atoms with Gasteiger partial charge < -0.3 is 15.0 Å². The van der Waals surface area contributed by atoms with E-state index >= 15 is 0 Å². The number of nitrogens with one attached hydrogen (secondary N) is 1. The summed E-state index contributed by atoms with van der Waals surface area (Å²) >= 11 is 0. The zero-order chi connectivity index (χ0) is 19.6. The van der Waals surface area contributed by atoms with Gasteiger partial charge in [-0.3, -0.25) is 4.79 Å². The number of amides is 1. The van der Waals surface area contributed by atoms with Crippen molar-refractivity contribution in [1.29, 1.82) is 0 Å². The van der Waals surface area contributed by atoms with Crippen LogP contribution in [-0.4, -0.2) is 45.8 Å². The van der Waals surface area contributed by atoms with Gasteiger partial charge >= 0.3 is 0 Å². The highest BCUT2D eigenvalue weighted by atomic mass is 16.6. The van der Waals surface area contributed by atoms with Crippen LogP contribution in [0.1, 0.15) is 60.8 Å². The van der Waals surface area contributed by atoms with Crippen molar-refractivity contribution < 1.29 is 14.2 Å². The average molecular weight is 384 g/mol. The number of hydrogen-bond acceptors (Lipinski definition) is 6. The molecule has 0 saturated carbocycles. The Morgan fingerprint density at radius 2 is 2.18 bits per heavy atom. The maximum Gasteiger partial charge on any atom is 0.257 e. The summed E-state index contributed by atoms with van der Waals surface area (Å²) in [6, 6.07) is 7.67. The highest BCUT2D eigenvalue weighted by molar-refractivity contribution is 5.97. The van der Waals surface area contributed by atoms with E-state index in [0.29, 0.717) is 22.7 Å². The third-order valence-corrected chi connectivity index (χ3v) is 6.13. The number of carbonyl (C=O) groups excluding carboxylic acids is 1. The van der Waals surface area contributed by atoms with E-state index in [-0.39, 0.29) is 24.1 Å². The van der Waals surface area contributed by atoms with Crippen molar-refractivity contribution in [2.75, 3.05) is 13.1 Å². The van der Waals surface area contributed by atoms with Crippen LogP contribution >= 0.6 is 0 Å². The molecule has 2 atom stereocenters. The second kappa shape index (κ2) is 7.91. The third kappa shape index (κ3) is 3.63. The van der Waals surface area contributed by atoms with Crippen molar-refractivity contribution in [2.24, 2.45) is 0 Å². The SMILES string of the molecule is Cc1nonc1COc1ccccc1C(=O)N1CCC[C@]2(C)NCCCC[C@H]12. The van der Waals surface area contributed by atoms with E-state index in [4.69, 9.17) is 9.37 Å². The fourth-order valence-corrected chi connectivity index (χ4v) is 4.49. The van der Waals surface area contributed by atoms with Crippen molar-refractivity contribution in [3.05, 3.63) is 41.2 Å². The minimum Gasteiger partial charge on any atom is -0.486 e. The van der Waals surface area contributed by atoms with Gasteiger partial charge in [0.25, 0.3) is 5.91 Å². The molecule has 1 aromatic heterocycles. The summed E-state index contributed by atoms with van der Waals surface area (Å²) in [4.78, 5) is 15.6. The minimum atomic E-state index is -0.0102. The highest BCUT2D eigenvalue weighted by Gasteiger charge is 2.43. The number of aromatic nitrogens is 2. The molecule has 150 valence electrons. The molecule has 7 nitrogen and oxygen atoms in total. The number of fused-ring (bicyclic) bond motifs is 1. The van der Waals surface area contributed by atoms with E-state index in [0.717, 1.165) is 38.8 Å². The van der Waals surface area contributed by atoms with Crippen LogP contribution in [0.25, 0.3) is 0 Å². The number of carbonyl (C=O) groups is 1. The second-order valence-electron chi connectivity index (χ2n) is 8.04.